The third kappa shape index (κ3) is 7.96. The van der Waals surface area contributed by atoms with Gasteiger partial charge < -0.3 is 30.9 Å². The van der Waals surface area contributed by atoms with E-state index in [1.165, 1.54) is 4.90 Å². The molecule has 2 saturated heterocycles. The molecule has 2 fully saturated rings. The van der Waals surface area contributed by atoms with Gasteiger partial charge in [-0.1, -0.05) is 39.0 Å². The number of urea groups is 1. The number of carbonyl (C=O) groups excluding carboxylic acids is 4. The number of rotatable bonds is 12. The molecule has 5 N–H and O–H groups in total. The van der Waals surface area contributed by atoms with E-state index in [1.54, 1.807) is 21.5 Å². The molecule has 16 heteroatoms. The van der Waals surface area contributed by atoms with Crippen molar-refractivity contribution in [1.82, 2.24) is 34.6 Å². The zero-order valence-corrected chi connectivity index (χ0v) is 31.3. The van der Waals surface area contributed by atoms with Crippen LogP contribution in [0.25, 0.3) is 5.65 Å². The highest BCUT2D eigenvalue weighted by Crippen LogP contribution is 2.31. The van der Waals surface area contributed by atoms with Crippen molar-refractivity contribution in [3.63, 3.8) is 0 Å². The number of aliphatic hydroxyl groups is 1. The molecule has 2 unspecified atom stereocenters. The van der Waals surface area contributed by atoms with Gasteiger partial charge in [0.1, 0.15) is 23.5 Å². The number of anilines is 3. The van der Waals surface area contributed by atoms with E-state index in [1.807, 2.05) is 43.5 Å². The maximum atomic E-state index is 15.7. The number of fused-ring (bicyclic) bond motifs is 2. The number of amides is 5. The first-order valence-electron chi connectivity index (χ1n) is 18.8. The first-order chi connectivity index (χ1) is 26.5. The Balaban J connectivity index is 0.912. The standard InChI is InChI=1S/C39H47FN10O5/c1-4-26(22-51)43-32-17-33(50-36(45-32)29(19-42-50)23(2)3)41-18-24-5-8-27(9-6-24)44-39(55)48-15-13-47(14-16-48)20-25-7-10-28-30(35(25)40)21-49(38(28)54)31-11-12-34(52)46-37(31)53/h5-10,17,19,23,26,31,41,51H,4,11-16,18,20-22H2,1-3H3,(H,43,45)(H,44,55)(H,46,52,53). The molecular weight excluding hydrogens is 707 g/mol. The lowest BCUT2D eigenvalue weighted by atomic mass is 10.0. The third-order valence-corrected chi connectivity index (χ3v) is 10.6. The number of piperazine rings is 1. The maximum absolute atomic E-state index is 15.7. The molecule has 4 aromatic rings. The summed E-state index contributed by atoms with van der Waals surface area (Å²) >= 11 is 0. The molecule has 0 radical (unpaired) electrons. The molecule has 0 bridgehead atoms. The minimum absolute atomic E-state index is 0.000511. The topological polar surface area (TPSA) is 177 Å². The molecule has 0 saturated carbocycles. The molecule has 2 aromatic heterocycles. The number of nitrogens with one attached hydrogen (secondary N) is 4. The van der Waals surface area contributed by atoms with Gasteiger partial charge in [-0.25, -0.2) is 14.2 Å². The average Bonchev–Trinajstić information content (AvgIpc) is 3.76. The van der Waals surface area contributed by atoms with Gasteiger partial charge in [0, 0.05) is 79.7 Å². The van der Waals surface area contributed by atoms with Crippen molar-refractivity contribution in [1.29, 1.82) is 0 Å². The molecule has 0 spiro atoms. The Hall–Kier alpha value is -5.61. The maximum Gasteiger partial charge on any atom is 0.321 e. The van der Waals surface area contributed by atoms with E-state index < -0.39 is 23.7 Å². The molecule has 15 nitrogen and oxygen atoms in total. The molecule has 2 atom stereocenters. The summed E-state index contributed by atoms with van der Waals surface area (Å²) in [5.74, 6) is -0.121. The van der Waals surface area contributed by atoms with Crippen molar-refractivity contribution in [2.45, 2.75) is 77.7 Å². The number of aromatic nitrogens is 3. The number of hydrogen-bond donors (Lipinski definition) is 5. The highest BCUT2D eigenvalue weighted by Gasteiger charge is 2.40. The van der Waals surface area contributed by atoms with E-state index in [0.29, 0.717) is 56.3 Å². The van der Waals surface area contributed by atoms with Crippen LogP contribution < -0.4 is 21.3 Å². The number of imide groups is 1. The Kier molecular flexibility index (Phi) is 11.0. The Labute approximate surface area is 318 Å². The molecule has 2 aromatic carbocycles. The van der Waals surface area contributed by atoms with Crippen LogP contribution in [0.3, 0.4) is 0 Å². The lowest BCUT2D eigenvalue weighted by molar-refractivity contribution is -0.136. The molecule has 7 rings (SSSR count). The summed E-state index contributed by atoms with van der Waals surface area (Å²) in [5, 5.41) is 26.4. The fourth-order valence-electron chi connectivity index (χ4n) is 7.30. The van der Waals surface area contributed by atoms with Crippen LogP contribution in [0.15, 0.2) is 48.7 Å². The number of hydrogen-bond acceptors (Lipinski definition) is 10. The summed E-state index contributed by atoms with van der Waals surface area (Å²) in [6, 6.07) is 11.6. The highest BCUT2D eigenvalue weighted by atomic mass is 19.1. The van der Waals surface area contributed by atoms with E-state index in [2.05, 4.69) is 45.1 Å². The molecule has 290 valence electrons. The zero-order chi connectivity index (χ0) is 38.8. The van der Waals surface area contributed by atoms with Gasteiger partial charge in [0.15, 0.2) is 5.65 Å². The van der Waals surface area contributed by atoms with Crippen molar-refractivity contribution < 1.29 is 28.7 Å². The van der Waals surface area contributed by atoms with Crippen LogP contribution in [-0.4, -0.2) is 103 Å². The van der Waals surface area contributed by atoms with E-state index in [-0.39, 0.29) is 61.0 Å². The van der Waals surface area contributed by atoms with Gasteiger partial charge in [-0.05, 0) is 42.5 Å². The number of carbonyl (C=O) groups is 4. The van der Waals surface area contributed by atoms with Crippen molar-refractivity contribution >= 4 is 46.7 Å². The van der Waals surface area contributed by atoms with Crippen LogP contribution in [0.2, 0.25) is 0 Å². The van der Waals surface area contributed by atoms with Crippen LogP contribution in [0.4, 0.5) is 26.5 Å². The average molecular weight is 755 g/mol. The van der Waals surface area contributed by atoms with Gasteiger partial charge in [-0.15, -0.1) is 0 Å². The minimum Gasteiger partial charge on any atom is -0.394 e. The number of nitrogens with zero attached hydrogens (tertiary/aromatic N) is 6. The van der Waals surface area contributed by atoms with Gasteiger partial charge in [0.2, 0.25) is 11.8 Å². The summed E-state index contributed by atoms with van der Waals surface area (Å²) in [6.45, 7) is 9.02. The lowest BCUT2D eigenvalue weighted by Gasteiger charge is -2.34. The second kappa shape index (κ2) is 16.0. The fourth-order valence-corrected chi connectivity index (χ4v) is 7.30. The minimum atomic E-state index is -0.802. The van der Waals surface area contributed by atoms with Crippen molar-refractivity contribution in [3.8, 4) is 0 Å². The zero-order valence-electron chi connectivity index (χ0n) is 31.3. The van der Waals surface area contributed by atoms with Crippen LogP contribution in [0.1, 0.15) is 78.6 Å². The summed E-state index contributed by atoms with van der Waals surface area (Å²) in [4.78, 5) is 60.1. The predicted octanol–water partition coefficient (Wildman–Crippen LogP) is 3.90. The van der Waals surface area contributed by atoms with Gasteiger partial charge >= 0.3 is 6.03 Å². The molecule has 55 heavy (non-hydrogen) atoms. The molecular formula is C39H47FN10O5. The van der Waals surface area contributed by atoms with Crippen LogP contribution >= 0.6 is 0 Å². The van der Waals surface area contributed by atoms with E-state index in [0.717, 1.165) is 29.0 Å². The van der Waals surface area contributed by atoms with Crippen molar-refractivity contribution in [2.75, 3.05) is 48.7 Å². The summed E-state index contributed by atoms with van der Waals surface area (Å²) in [6.07, 6.45) is 2.94. The molecule has 3 aliphatic heterocycles. The quantitative estimate of drug-likeness (QED) is 0.133. The molecule has 3 aliphatic rings. The monoisotopic (exact) mass is 754 g/mol. The van der Waals surface area contributed by atoms with Crippen molar-refractivity contribution in [2.24, 2.45) is 0 Å². The Bertz CT molecular complexity index is 2090. The highest BCUT2D eigenvalue weighted by molar-refractivity contribution is 6.05. The first kappa shape index (κ1) is 37.7. The van der Waals surface area contributed by atoms with Crippen LogP contribution in [0, 0.1) is 5.82 Å². The predicted molar refractivity (Wildman–Crippen MR) is 204 cm³/mol. The largest absolute Gasteiger partial charge is 0.394 e. The molecule has 5 heterocycles. The van der Waals surface area contributed by atoms with Gasteiger partial charge in [-0.2, -0.15) is 9.61 Å². The first-order valence-corrected chi connectivity index (χ1v) is 18.8. The normalized spacial score (nSPS) is 18.1. The molecule has 5 amide bonds. The van der Waals surface area contributed by atoms with E-state index in [4.69, 9.17) is 4.98 Å². The lowest BCUT2D eigenvalue weighted by Crippen LogP contribution is -2.52. The SMILES string of the molecule is CCC(CO)Nc1cc(NCc2ccc(NC(=O)N3CCN(Cc4ccc5c(c4F)CN(C4CCC(=O)NC4=O)C5=O)CC3)cc2)n2ncc(C(C)C)c2n1. The number of benzene rings is 2. The van der Waals surface area contributed by atoms with Gasteiger partial charge in [0.05, 0.1) is 25.4 Å². The molecule has 0 aliphatic carbocycles. The van der Waals surface area contributed by atoms with Crippen molar-refractivity contribution in [3.05, 3.63) is 82.3 Å². The second-order valence-electron chi connectivity index (χ2n) is 14.7. The van der Waals surface area contributed by atoms with E-state index >= 15 is 4.39 Å². The number of aliphatic hydroxyl groups excluding tert-OH is 1. The Morgan fingerprint density at radius 1 is 1.07 bits per heavy atom. The fraction of sp³-hybridized carbons (Fsp3) is 0.436. The van der Waals surface area contributed by atoms with Gasteiger partial charge in [-0.3, -0.25) is 24.6 Å². The van der Waals surface area contributed by atoms with Crippen LogP contribution in [-0.2, 0) is 29.2 Å². The van der Waals surface area contributed by atoms with Crippen LogP contribution in [0.5, 0.6) is 0 Å². The number of piperidine rings is 1. The summed E-state index contributed by atoms with van der Waals surface area (Å²) in [7, 11) is 0. The Morgan fingerprint density at radius 3 is 2.53 bits per heavy atom. The summed E-state index contributed by atoms with van der Waals surface area (Å²) < 4.78 is 17.5. The Morgan fingerprint density at radius 2 is 1.84 bits per heavy atom. The van der Waals surface area contributed by atoms with Gasteiger partial charge in [0.25, 0.3) is 5.91 Å². The third-order valence-electron chi connectivity index (χ3n) is 10.6. The van der Waals surface area contributed by atoms with E-state index in [9.17, 15) is 24.3 Å². The second-order valence-corrected chi connectivity index (χ2v) is 14.7. The number of halogens is 1. The smallest absolute Gasteiger partial charge is 0.321 e. The summed E-state index contributed by atoms with van der Waals surface area (Å²) in [5.41, 5.74) is 4.40.